The van der Waals surface area contributed by atoms with Gasteiger partial charge >= 0.3 is 0 Å². The van der Waals surface area contributed by atoms with E-state index in [1.807, 2.05) is 0 Å². The number of carbonyl (C=O) groups excluding carboxylic acids is 2. The van der Waals surface area contributed by atoms with Gasteiger partial charge in [0.25, 0.3) is 11.5 Å². The summed E-state index contributed by atoms with van der Waals surface area (Å²) in [7, 11) is 0. The first-order chi connectivity index (χ1) is 16.0. The van der Waals surface area contributed by atoms with Gasteiger partial charge in [-0.2, -0.15) is 0 Å². The number of benzene rings is 1. The van der Waals surface area contributed by atoms with Crippen molar-refractivity contribution in [2.24, 2.45) is 5.73 Å². The van der Waals surface area contributed by atoms with Gasteiger partial charge in [0, 0.05) is 11.5 Å². The van der Waals surface area contributed by atoms with Gasteiger partial charge in [-0.05, 0) is 49.8 Å². The first-order valence-electron chi connectivity index (χ1n) is 11.0. The summed E-state index contributed by atoms with van der Waals surface area (Å²) in [5, 5.41) is 3.99. The minimum atomic E-state index is -0.609. The lowest BCUT2D eigenvalue weighted by atomic mass is 10.1. The molecule has 8 nitrogen and oxygen atoms in total. The number of rotatable bonds is 7. The summed E-state index contributed by atoms with van der Waals surface area (Å²) in [5.74, 6) is -0.871. The van der Waals surface area contributed by atoms with Crippen molar-refractivity contribution < 1.29 is 14.3 Å². The van der Waals surface area contributed by atoms with E-state index in [2.05, 4.69) is 5.32 Å². The van der Waals surface area contributed by atoms with E-state index in [-0.39, 0.29) is 28.9 Å². The van der Waals surface area contributed by atoms with E-state index in [9.17, 15) is 14.4 Å². The molecule has 3 N–H and O–H groups in total. The lowest BCUT2D eigenvalue weighted by Gasteiger charge is -2.16. The second-order valence-corrected chi connectivity index (χ2v) is 10.3. The van der Waals surface area contributed by atoms with Gasteiger partial charge in [-0.3, -0.25) is 19.0 Å². The van der Waals surface area contributed by atoms with E-state index in [1.54, 1.807) is 40.2 Å². The van der Waals surface area contributed by atoms with Crippen LogP contribution in [0, 0.1) is 0 Å². The molecule has 1 unspecified atom stereocenters. The number of fused-ring (bicyclic) bond motifs is 3. The summed E-state index contributed by atoms with van der Waals surface area (Å²) in [5.41, 5.74) is 7.11. The molecule has 1 saturated heterocycles. The average molecular weight is 485 g/mol. The summed E-state index contributed by atoms with van der Waals surface area (Å²) in [6.45, 7) is 1.13. The summed E-state index contributed by atoms with van der Waals surface area (Å²) >= 11 is 2.80. The van der Waals surface area contributed by atoms with Crippen LogP contribution in [0.1, 0.15) is 40.1 Å². The number of nitrogens with two attached hydrogens (primary N) is 1. The van der Waals surface area contributed by atoms with Crippen molar-refractivity contribution in [3.63, 3.8) is 0 Å². The Morgan fingerprint density at radius 2 is 2.12 bits per heavy atom. The van der Waals surface area contributed by atoms with Gasteiger partial charge in [0.05, 0.1) is 35.0 Å². The zero-order valence-corrected chi connectivity index (χ0v) is 19.6. The molecule has 0 spiro atoms. The molecule has 33 heavy (non-hydrogen) atoms. The average Bonchev–Trinajstić information content (AvgIpc) is 3.52. The smallest absolute Gasteiger partial charge is 0.263 e. The fraction of sp³-hybridized carbons (Fsp3) is 0.391. The standard InChI is InChI=1S/C23H24N4O4S2/c24-20(29)14-6-1-2-8-16(14)25-18(28)12-32-23-26-21-19(15-7-3-9-17(15)33-21)22(30)27(23)11-13-5-4-10-31-13/h1-2,6,8,13H,3-5,7,9-12H2,(H2,24,29)(H,25,28). The Balaban J connectivity index is 1.41. The predicted molar refractivity (Wildman–Crippen MR) is 129 cm³/mol. The number of aryl methyl sites for hydroxylation is 2. The number of primary amides is 1. The highest BCUT2D eigenvalue weighted by Crippen LogP contribution is 2.35. The molecule has 1 aliphatic heterocycles. The molecular formula is C23H24N4O4S2. The molecule has 0 radical (unpaired) electrons. The third kappa shape index (κ3) is 4.42. The van der Waals surface area contributed by atoms with E-state index in [4.69, 9.17) is 15.5 Å². The van der Waals surface area contributed by atoms with Crippen LogP contribution in [-0.2, 0) is 28.9 Å². The summed E-state index contributed by atoms with van der Waals surface area (Å²) in [6, 6.07) is 6.61. The Labute approximate surface area is 198 Å². The van der Waals surface area contributed by atoms with Gasteiger partial charge in [-0.15, -0.1) is 11.3 Å². The molecule has 3 heterocycles. The number of hydrogen-bond donors (Lipinski definition) is 2. The second kappa shape index (κ2) is 9.28. The number of thioether (sulfide) groups is 1. The molecule has 5 rings (SSSR count). The highest BCUT2D eigenvalue weighted by atomic mass is 32.2. The molecule has 2 aromatic heterocycles. The number of ether oxygens (including phenoxy) is 1. The van der Waals surface area contributed by atoms with E-state index >= 15 is 0 Å². The largest absolute Gasteiger partial charge is 0.376 e. The van der Waals surface area contributed by atoms with Crippen molar-refractivity contribution in [3.8, 4) is 0 Å². The van der Waals surface area contributed by atoms with Crippen LogP contribution < -0.4 is 16.6 Å². The molecule has 3 aromatic rings. The number of hydrogen-bond acceptors (Lipinski definition) is 7. The summed E-state index contributed by atoms with van der Waals surface area (Å²) < 4.78 is 7.46. The number of anilines is 1. The van der Waals surface area contributed by atoms with Crippen molar-refractivity contribution in [1.29, 1.82) is 0 Å². The number of nitrogens with zero attached hydrogens (tertiary/aromatic N) is 2. The number of nitrogens with one attached hydrogen (secondary N) is 1. The maximum Gasteiger partial charge on any atom is 0.263 e. The molecule has 172 valence electrons. The molecule has 1 atom stereocenters. The number of thiophene rings is 1. The van der Waals surface area contributed by atoms with Gasteiger partial charge in [-0.1, -0.05) is 23.9 Å². The second-order valence-electron chi connectivity index (χ2n) is 8.23. The third-order valence-electron chi connectivity index (χ3n) is 6.00. The monoisotopic (exact) mass is 484 g/mol. The maximum atomic E-state index is 13.5. The molecule has 1 aliphatic carbocycles. The van der Waals surface area contributed by atoms with Crippen LogP contribution in [0.5, 0.6) is 0 Å². The minimum absolute atomic E-state index is 0.0238. The maximum absolute atomic E-state index is 13.5. The minimum Gasteiger partial charge on any atom is -0.376 e. The molecule has 2 aliphatic rings. The van der Waals surface area contributed by atoms with Crippen LogP contribution in [0.2, 0.25) is 0 Å². The van der Waals surface area contributed by atoms with Gasteiger partial charge < -0.3 is 15.8 Å². The molecule has 0 bridgehead atoms. The lowest BCUT2D eigenvalue weighted by molar-refractivity contribution is -0.113. The molecule has 0 saturated carbocycles. The number of carbonyl (C=O) groups is 2. The van der Waals surface area contributed by atoms with Gasteiger partial charge in [0.15, 0.2) is 5.16 Å². The number of amides is 2. The summed E-state index contributed by atoms with van der Waals surface area (Å²) in [6.07, 6.45) is 4.84. The first-order valence-corrected chi connectivity index (χ1v) is 12.8. The number of para-hydroxylation sites is 1. The highest BCUT2D eigenvalue weighted by Gasteiger charge is 2.26. The van der Waals surface area contributed by atoms with Crippen molar-refractivity contribution in [1.82, 2.24) is 9.55 Å². The van der Waals surface area contributed by atoms with E-state index < -0.39 is 5.91 Å². The van der Waals surface area contributed by atoms with Gasteiger partial charge in [0.1, 0.15) is 4.83 Å². The van der Waals surface area contributed by atoms with Crippen molar-refractivity contribution in [2.45, 2.75) is 49.9 Å². The Morgan fingerprint density at radius 3 is 2.91 bits per heavy atom. The Hall–Kier alpha value is -2.69. The van der Waals surface area contributed by atoms with Crippen molar-refractivity contribution in [3.05, 3.63) is 50.6 Å². The van der Waals surface area contributed by atoms with Crippen LogP contribution in [0.3, 0.4) is 0 Å². The Bertz CT molecular complexity index is 1290. The molecule has 1 fully saturated rings. The molecule has 1 aromatic carbocycles. The number of aromatic nitrogens is 2. The Kier molecular flexibility index (Phi) is 6.22. The van der Waals surface area contributed by atoms with Gasteiger partial charge in [-0.25, -0.2) is 4.98 Å². The zero-order valence-electron chi connectivity index (χ0n) is 18.0. The quantitative estimate of drug-likeness (QED) is 0.393. The molecular weight excluding hydrogens is 460 g/mol. The highest BCUT2D eigenvalue weighted by molar-refractivity contribution is 7.99. The van der Waals surface area contributed by atoms with Crippen molar-refractivity contribution >= 4 is 50.8 Å². The topological polar surface area (TPSA) is 116 Å². The third-order valence-corrected chi connectivity index (χ3v) is 8.16. The van der Waals surface area contributed by atoms with Crippen molar-refractivity contribution in [2.75, 3.05) is 17.7 Å². The van der Waals surface area contributed by atoms with Crippen LogP contribution >= 0.6 is 23.1 Å². The van der Waals surface area contributed by atoms with Crippen LogP contribution in [0.4, 0.5) is 5.69 Å². The Morgan fingerprint density at radius 1 is 1.27 bits per heavy atom. The molecule has 2 amide bonds. The van der Waals surface area contributed by atoms with E-state index in [0.29, 0.717) is 24.0 Å². The first kappa shape index (κ1) is 22.1. The van der Waals surface area contributed by atoms with Crippen LogP contribution in [-0.4, -0.2) is 39.8 Å². The van der Waals surface area contributed by atoms with Crippen LogP contribution in [0.25, 0.3) is 10.2 Å². The normalized spacial score (nSPS) is 17.4. The summed E-state index contributed by atoms with van der Waals surface area (Å²) in [4.78, 5) is 44.6. The fourth-order valence-electron chi connectivity index (χ4n) is 4.44. The zero-order chi connectivity index (χ0) is 22.9. The fourth-order valence-corrected chi connectivity index (χ4v) is 6.56. The van der Waals surface area contributed by atoms with E-state index in [1.165, 1.54) is 16.6 Å². The van der Waals surface area contributed by atoms with E-state index in [0.717, 1.165) is 47.9 Å². The lowest BCUT2D eigenvalue weighted by Crippen LogP contribution is -2.29. The SMILES string of the molecule is NC(=O)c1ccccc1NC(=O)CSc1nc2sc3c(c2c(=O)n1CC1CCCO1)CCC3. The van der Waals surface area contributed by atoms with Gasteiger partial charge in [0.2, 0.25) is 5.91 Å². The predicted octanol–water partition coefficient (Wildman–Crippen LogP) is 2.96. The molecule has 10 heteroatoms. The van der Waals surface area contributed by atoms with Crippen LogP contribution in [0.15, 0.2) is 34.2 Å².